The summed E-state index contributed by atoms with van der Waals surface area (Å²) in [5.74, 6) is -0.273. The van der Waals surface area contributed by atoms with Gasteiger partial charge in [0.1, 0.15) is 0 Å². The second-order valence-corrected chi connectivity index (χ2v) is 8.79. The number of allylic oxidation sites excluding steroid dienone is 1. The number of nitrogen functional groups attached to an aromatic ring is 1. The van der Waals surface area contributed by atoms with Crippen LogP contribution in [-0.2, 0) is 19.1 Å². The molecule has 1 heterocycles. The number of rotatable bonds is 13. The average Bonchev–Trinajstić information content (AvgIpc) is 2.89. The van der Waals surface area contributed by atoms with E-state index in [9.17, 15) is 14.7 Å². The van der Waals surface area contributed by atoms with E-state index in [0.29, 0.717) is 56.6 Å². The number of anilines is 2. The molecule has 0 unspecified atom stereocenters. The van der Waals surface area contributed by atoms with Crippen molar-refractivity contribution < 1.29 is 24.2 Å². The molecule has 0 saturated carbocycles. The van der Waals surface area contributed by atoms with E-state index in [0.717, 1.165) is 5.56 Å². The molecule has 194 valence electrons. The van der Waals surface area contributed by atoms with Crippen LogP contribution in [-0.4, -0.2) is 43.0 Å². The molecule has 0 bridgehead atoms. The fourth-order valence-corrected chi connectivity index (χ4v) is 4.34. The molecule has 2 aromatic carbocycles. The van der Waals surface area contributed by atoms with Crippen molar-refractivity contribution in [1.29, 1.82) is 0 Å². The van der Waals surface area contributed by atoms with E-state index in [4.69, 9.17) is 15.2 Å². The number of aliphatic hydroxyl groups is 1. The van der Waals surface area contributed by atoms with Gasteiger partial charge in [0, 0.05) is 38.0 Å². The molecule has 2 aromatic rings. The van der Waals surface area contributed by atoms with Gasteiger partial charge < -0.3 is 30.9 Å². The van der Waals surface area contributed by atoms with Crippen LogP contribution < -0.4 is 16.4 Å². The van der Waals surface area contributed by atoms with Crippen LogP contribution in [0.5, 0.6) is 0 Å². The van der Waals surface area contributed by atoms with Crippen LogP contribution >= 0.6 is 0 Å². The molecule has 0 spiro atoms. The lowest BCUT2D eigenvalue weighted by Crippen LogP contribution is -2.39. The van der Waals surface area contributed by atoms with Crippen LogP contribution in [0.3, 0.4) is 0 Å². The van der Waals surface area contributed by atoms with Crippen molar-refractivity contribution in [2.24, 2.45) is 5.92 Å². The van der Waals surface area contributed by atoms with Gasteiger partial charge in [-0.2, -0.15) is 0 Å². The number of hydrogen-bond donors (Lipinski definition) is 4. The Labute approximate surface area is 212 Å². The highest BCUT2D eigenvalue weighted by Gasteiger charge is 2.37. The van der Waals surface area contributed by atoms with Crippen LogP contribution in [0.4, 0.5) is 11.4 Å². The summed E-state index contributed by atoms with van der Waals surface area (Å²) in [6.07, 6.45) is 4.22. The zero-order valence-electron chi connectivity index (χ0n) is 20.8. The zero-order chi connectivity index (χ0) is 25.8. The van der Waals surface area contributed by atoms with Gasteiger partial charge in [-0.1, -0.05) is 42.5 Å². The lowest BCUT2D eigenvalue weighted by molar-refractivity contribution is -0.166. The average molecular weight is 496 g/mol. The van der Waals surface area contributed by atoms with Crippen LogP contribution in [0, 0.1) is 5.92 Å². The highest BCUT2D eigenvalue weighted by atomic mass is 16.7. The predicted molar refractivity (Wildman–Crippen MR) is 140 cm³/mol. The second-order valence-electron chi connectivity index (χ2n) is 8.79. The van der Waals surface area contributed by atoms with Gasteiger partial charge in [-0.15, -0.1) is 0 Å². The number of nitrogens with two attached hydrogens (primary N) is 1. The molecule has 1 aliphatic heterocycles. The highest BCUT2D eigenvalue weighted by Crippen LogP contribution is 2.39. The Morgan fingerprint density at radius 1 is 1.06 bits per heavy atom. The van der Waals surface area contributed by atoms with Gasteiger partial charge >= 0.3 is 0 Å². The number of carbonyl (C=O) groups excluding carboxylic acids is 2. The number of hydrogen-bond acceptors (Lipinski definition) is 6. The number of benzene rings is 2. The minimum Gasteiger partial charge on any atom is -0.459 e. The molecule has 8 heteroatoms. The Morgan fingerprint density at radius 3 is 2.53 bits per heavy atom. The van der Waals surface area contributed by atoms with Gasteiger partial charge in [0.15, 0.2) is 5.76 Å². The molecule has 1 aliphatic rings. The summed E-state index contributed by atoms with van der Waals surface area (Å²) in [5, 5.41) is 15.1. The normalized spacial score (nSPS) is 19.2. The minimum atomic E-state index is -0.577. The monoisotopic (exact) mass is 495 g/mol. The quantitative estimate of drug-likeness (QED) is 0.247. The first-order valence-electron chi connectivity index (χ1n) is 12.6. The van der Waals surface area contributed by atoms with Crippen molar-refractivity contribution in [3.8, 4) is 0 Å². The summed E-state index contributed by atoms with van der Waals surface area (Å²) in [6.45, 7) is 2.85. The fourth-order valence-electron chi connectivity index (χ4n) is 4.34. The maximum atomic E-state index is 12.9. The second kappa shape index (κ2) is 14.3. The van der Waals surface area contributed by atoms with Crippen LogP contribution in [0.25, 0.3) is 0 Å². The first-order chi connectivity index (χ1) is 17.5. The van der Waals surface area contributed by atoms with E-state index in [1.165, 1.54) is 0 Å². The third-order valence-electron chi connectivity index (χ3n) is 6.17. The minimum absolute atomic E-state index is 0.0202. The van der Waals surface area contributed by atoms with Crippen molar-refractivity contribution in [3.63, 3.8) is 0 Å². The summed E-state index contributed by atoms with van der Waals surface area (Å²) in [6, 6.07) is 17.1. The summed E-state index contributed by atoms with van der Waals surface area (Å²) >= 11 is 0. The van der Waals surface area contributed by atoms with E-state index in [2.05, 4.69) is 10.6 Å². The molecule has 3 rings (SSSR count). The molecule has 2 amide bonds. The molecule has 0 aliphatic carbocycles. The molecule has 0 radical (unpaired) electrons. The van der Waals surface area contributed by atoms with Gasteiger partial charge in [0.05, 0.1) is 11.4 Å². The van der Waals surface area contributed by atoms with E-state index in [-0.39, 0.29) is 36.0 Å². The molecule has 0 aromatic heterocycles. The van der Waals surface area contributed by atoms with Gasteiger partial charge in [0.25, 0.3) is 5.91 Å². The van der Waals surface area contributed by atoms with E-state index in [1.807, 2.05) is 55.5 Å². The molecule has 8 nitrogen and oxygen atoms in total. The Bertz CT molecular complexity index is 1010. The number of carbonyl (C=O) groups is 2. The molecule has 0 saturated heterocycles. The largest absolute Gasteiger partial charge is 0.459 e. The standard InChI is InChI=1S/C28H37N3O5/c1-2-35-28-21(13-10-18-32)22(20-11-4-3-5-12-20)19-25(36-28)27(34)30-17-9-8-16-26(33)31-24-15-7-6-14-23(24)29/h3-7,11-12,14-15,19,21-22,28,32H,2,8-10,13,16-18,29H2,1H3,(H,30,34)(H,31,33)/t21-,22-,28-/m0/s1. The molecular formula is C28H37N3O5. The third kappa shape index (κ3) is 7.83. The number of unbranched alkanes of at least 4 members (excludes halogenated alkanes) is 1. The zero-order valence-corrected chi connectivity index (χ0v) is 20.8. The maximum Gasteiger partial charge on any atom is 0.286 e. The Morgan fingerprint density at radius 2 is 1.81 bits per heavy atom. The van der Waals surface area contributed by atoms with E-state index < -0.39 is 6.29 Å². The summed E-state index contributed by atoms with van der Waals surface area (Å²) < 4.78 is 11.9. The van der Waals surface area contributed by atoms with Gasteiger partial charge in [0.2, 0.25) is 12.2 Å². The molecule has 36 heavy (non-hydrogen) atoms. The summed E-state index contributed by atoms with van der Waals surface area (Å²) in [7, 11) is 0. The fraction of sp³-hybridized carbons (Fsp3) is 0.429. The van der Waals surface area contributed by atoms with Crippen molar-refractivity contribution in [2.75, 3.05) is 30.8 Å². The highest BCUT2D eigenvalue weighted by molar-refractivity contribution is 5.93. The van der Waals surface area contributed by atoms with E-state index in [1.54, 1.807) is 12.1 Å². The van der Waals surface area contributed by atoms with Crippen molar-refractivity contribution >= 4 is 23.2 Å². The number of amides is 2. The maximum absolute atomic E-state index is 12.9. The van der Waals surface area contributed by atoms with Crippen molar-refractivity contribution in [2.45, 2.75) is 51.2 Å². The van der Waals surface area contributed by atoms with Gasteiger partial charge in [-0.25, -0.2) is 0 Å². The van der Waals surface area contributed by atoms with Crippen LogP contribution in [0.2, 0.25) is 0 Å². The van der Waals surface area contributed by atoms with Crippen molar-refractivity contribution in [1.82, 2.24) is 5.32 Å². The molecule has 0 fully saturated rings. The lowest BCUT2D eigenvalue weighted by atomic mass is 9.80. The lowest BCUT2D eigenvalue weighted by Gasteiger charge is -2.37. The number of para-hydroxylation sites is 2. The van der Waals surface area contributed by atoms with Gasteiger partial charge in [-0.05, 0) is 56.4 Å². The SMILES string of the molecule is CCO[C@H]1OC(C(=O)NCCCCC(=O)Nc2ccccc2N)=C[C@@H](c2ccccc2)[C@@H]1CCCO. The smallest absolute Gasteiger partial charge is 0.286 e. The molecule has 5 N–H and O–H groups in total. The van der Waals surface area contributed by atoms with Crippen LogP contribution in [0.1, 0.15) is 50.5 Å². The Balaban J connectivity index is 1.55. The Hall–Kier alpha value is -3.36. The Kier molecular flexibility index (Phi) is 10.8. The number of nitrogens with one attached hydrogen (secondary N) is 2. The summed E-state index contributed by atoms with van der Waals surface area (Å²) in [4.78, 5) is 25.1. The summed E-state index contributed by atoms with van der Waals surface area (Å²) in [5.41, 5.74) is 8.06. The van der Waals surface area contributed by atoms with Gasteiger partial charge in [-0.3, -0.25) is 9.59 Å². The van der Waals surface area contributed by atoms with E-state index >= 15 is 0 Å². The van der Waals surface area contributed by atoms with Crippen LogP contribution in [0.15, 0.2) is 66.4 Å². The first kappa shape index (κ1) is 27.2. The predicted octanol–water partition coefficient (Wildman–Crippen LogP) is 3.94. The molecule has 3 atom stereocenters. The molecular weight excluding hydrogens is 458 g/mol. The van der Waals surface area contributed by atoms with Crippen molar-refractivity contribution in [3.05, 3.63) is 72.0 Å². The first-order valence-corrected chi connectivity index (χ1v) is 12.6. The number of aliphatic hydroxyl groups excluding tert-OH is 1. The topological polar surface area (TPSA) is 123 Å². The number of ether oxygens (including phenoxy) is 2. The third-order valence-corrected chi connectivity index (χ3v) is 6.17.